The zero-order valence-corrected chi connectivity index (χ0v) is 17.7. The molecular formula is C23H25ClN4O2. The fourth-order valence-electron chi connectivity index (χ4n) is 3.94. The number of piperidine rings is 1. The van der Waals surface area contributed by atoms with Gasteiger partial charge in [-0.15, -0.1) is 0 Å². The summed E-state index contributed by atoms with van der Waals surface area (Å²) >= 11 is 5.95. The number of likely N-dealkylation sites (tertiary alicyclic amines) is 1. The number of benzene rings is 2. The average Bonchev–Trinajstić information content (AvgIpc) is 2.77. The van der Waals surface area contributed by atoms with Gasteiger partial charge in [0.1, 0.15) is 0 Å². The first-order chi connectivity index (χ1) is 14.5. The zero-order valence-electron chi connectivity index (χ0n) is 17.0. The normalized spacial score (nSPS) is 15.4. The smallest absolute Gasteiger partial charge is 0.282 e. The van der Waals surface area contributed by atoms with Gasteiger partial charge in [-0.1, -0.05) is 35.9 Å². The van der Waals surface area contributed by atoms with Crippen molar-refractivity contribution < 1.29 is 4.79 Å². The molecule has 156 valence electrons. The number of hydrogen-bond acceptors (Lipinski definition) is 4. The molecule has 0 spiro atoms. The number of carbonyl (C=O) groups is 1. The highest BCUT2D eigenvalue weighted by Crippen LogP contribution is 2.19. The van der Waals surface area contributed by atoms with E-state index in [0.717, 1.165) is 37.5 Å². The Balaban J connectivity index is 1.32. The van der Waals surface area contributed by atoms with E-state index in [1.54, 1.807) is 7.05 Å². The summed E-state index contributed by atoms with van der Waals surface area (Å²) in [6.07, 6.45) is 2.02. The van der Waals surface area contributed by atoms with E-state index in [4.69, 9.17) is 11.6 Å². The number of hydrogen-bond donors (Lipinski definition) is 1. The number of carbonyl (C=O) groups excluding carboxylic acids is 1. The Bertz CT molecular complexity index is 1100. The van der Waals surface area contributed by atoms with Crippen molar-refractivity contribution in [3.63, 3.8) is 0 Å². The molecule has 3 aromatic rings. The summed E-state index contributed by atoms with van der Waals surface area (Å²) in [6, 6.07) is 15.3. The molecule has 0 radical (unpaired) electrons. The van der Waals surface area contributed by atoms with E-state index in [-0.39, 0.29) is 11.3 Å². The molecule has 1 saturated heterocycles. The number of halogens is 1. The second kappa shape index (κ2) is 8.98. The summed E-state index contributed by atoms with van der Waals surface area (Å²) in [4.78, 5) is 31.9. The molecule has 1 aromatic heterocycles. The largest absolute Gasteiger partial charge is 0.350 e. The average molecular weight is 425 g/mol. The molecule has 0 unspecified atom stereocenters. The van der Waals surface area contributed by atoms with E-state index in [0.29, 0.717) is 23.5 Å². The lowest BCUT2D eigenvalue weighted by Crippen LogP contribution is -2.40. The van der Waals surface area contributed by atoms with Gasteiger partial charge in [-0.3, -0.25) is 14.5 Å². The summed E-state index contributed by atoms with van der Waals surface area (Å²) in [5, 5.41) is 3.68. The Kier molecular flexibility index (Phi) is 6.16. The second-order valence-electron chi connectivity index (χ2n) is 7.87. The summed E-state index contributed by atoms with van der Waals surface area (Å²) in [5.41, 5.74) is 2.19. The van der Waals surface area contributed by atoms with Crippen molar-refractivity contribution in [2.24, 2.45) is 13.0 Å². The Morgan fingerprint density at radius 3 is 2.57 bits per heavy atom. The highest BCUT2D eigenvalue weighted by molar-refractivity contribution is 6.30. The Morgan fingerprint density at radius 2 is 1.83 bits per heavy atom. The molecule has 2 aromatic carbocycles. The molecule has 1 aliphatic rings. The third-order valence-electron chi connectivity index (χ3n) is 5.78. The predicted octanol–water partition coefficient (Wildman–Crippen LogP) is 3.23. The van der Waals surface area contributed by atoms with Crippen LogP contribution in [0.3, 0.4) is 0 Å². The summed E-state index contributed by atoms with van der Waals surface area (Å²) in [5.74, 6) is 0.00433. The molecule has 1 N–H and O–H groups in total. The van der Waals surface area contributed by atoms with Crippen LogP contribution in [-0.4, -0.2) is 40.0 Å². The second-order valence-corrected chi connectivity index (χ2v) is 8.31. The van der Waals surface area contributed by atoms with Gasteiger partial charge >= 0.3 is 0 Å². The highest BCUT2D eigenvalue weighted by atomic mass is 35.5. The molecule has 1 aliphatic heterocycles. The van der Waals surface area contributed by atoms with E-state index in [9.17, 15) is 9.59 Å². The van der Waals surface area contributed by atoms with Gasteiger partial charge in [0.2, 0.25) is 0 Å². The number of fused-ring (bicyclic) bond motifs is 1. The summed E-state index contributed by atoms with van der Waals surface area (Å²) in [6.45, 7) is 3.44. The van der Waals surface area contributed by atoms with Crippen LogP contribution in [0.2, 0.25) is 5.02 Å². The standard InChI is InChI=1S/C23H25ClN4O2/c1-27-20-5-3-2-4-19(20)26-21(23(27)30)22(29)25-14-16-10-12-28(13-11-16)15-17-6-8-18(24)9-7-17/h2-9,16H,10-15H2,1H3,(H,25,29). The maximum Gasteiger partial charge on any atom is 0.282 e. The van der Waals surface area contributed by atoms with E-state index < -0.39 is 5.91 Å². The first-order valence-electron chi connectivity index (χ1n) is 10.2. The van der Waals surface area contributed by atoms with Crippen molar-refractivity contribution >= 4 is 28.5 Å². The van der Waals surface area contributed by atoms with Crippen molar-refractivity contribution in [3.05, 3.63) is 75.2 Å². The Hall–Kier alpha value is -2.70. The first-order valence-corrected chi connectivity index (χ1v) is 10.6. The van der Waals surface area contributed by atoms with Crippen LogP contribution in [0.15, 0.2) is 53.3 Å². The molecule has 1 fully saturated rings. The molecule has 6 nitrogen and oxygen atoms in total. The molecule has 0 atom stereocenters. The van der Waals surface area contributed by atoms with E-state index in [1.807, 2.05) is 36.4 Å². The maximum atomic E-state index is 12.6. The molecule has 0 aliphatic carbocycles. The molecule has 0 bridgehead atoms. The van der Waals surface area contributed by atoms with Gasteiger partial charge in [-0.25, -0.2) is 4.98 Å². The lowest BCUT2D eigenvalue weighted by molar-refractivity contribution is 0.0928. The topological polar surface area (TPSA) is 67.2 Å². The third kappa shape index (κ3) is 4.55. The number of rotatable bonds is 5. The molecular weight excluding hydrogens is 400 g/mol. The zero-order chi connectivity index (χ0) is 21.1. The number of amides is 1. The van der Waals surface area contributed by atoms with Crippen LogP contribution in [0.25, 0.3) is 11.0 Å². The predicted molar refractivity (Wildman–Crippen MR) is 119 cm³/mol. The van der Waals surface area contributed by atoms with Crippen LogP contribution < -0.4 is 10.9 Å². The molecule has 1 amide bonds. The minimum Gasteiger partial charge on any atom is -0.350 e. The van der Waals surface area contributed by atoms with Crippen LogP contribution in [0.4, 0.5) is 0 Å². The maximum absolute atomic E-state index is 12.6. The molecule has 4 rings (SSSR count). The quantitative estimate of drug-likeness (QED) is 0.682. The SMILES string of the molecule is Cn1c(=O)c(C(=O)NCC2CCN(Cc3ccc(Cl)cc3)CC2)nc2ccccc21. The molecule has 30 heavy (non-hydrogen) atoms. The van der Waals surface area contributed by atoms with Crippen LogP contribution >= 0.6 is 11.6 Å². The minimum atomic E-state index is -0.398. The molecule has 0 saturated carbocycles. The Labute approximate surface area is 180 Å². The highest BCUT2D eigenvalue weighted by Gasteiger charge is 2.21. The van der Waals surface area contributed by atoms with E-state index in [2.05, 4.69) is 27.3 Å². The van der Waals surface area contributed by atoms with Gasteiger partial charge in [0.05, 0.1) is 11.0 Å². The monoisotopic (exact) mass is 424 g/mol. The van der Waals surface area contributed by atoms with Crippen molar-refractivity contribution in [1.82, 2.24) is 19.8 Å². The van der Waals surface area contributed by atoms with E-state index >= 15 is 0 Å². The van der Waals surface area contributed by atoms with Crippen molar-refractivity contribution in [1.29, 1.82) is 0 Å². The fraction of sp³-hybridized carbons (Fsp3) is 0.348. The van der Waals surface area contributed by atoms with Crippen molar-refractivity contribution in [2.45, 2.75) is 19.4 Å². The van der Waals surface area contributed by atoms with Gasteiger partial charge in [0.15, 0.2) is 5.69 Å². The van der Waals surface area contributed by atoms with Gasteiger partial charge in [0.25, 0.3) is 11.5 Å². The number of nitrogens with zero attached hydrogens (tertiary/aromatic N) is 3. The minimum absolute atomic E-state index is 0.0450. The summed E-state index contributed by atoms with van der Waals surface area (Å²) in [7, 11) is 1.67. The number of para-hydroxylation sites is 2. The molecule has 2 heterocycles. The lowest BCUT2D eigenvalue weighted by atomic mass is 9.96. The van der Waals surface area contributed by atoms with Crippen LogP contribution in [0.1, 0.15) is 28.9 Å². The van der Waals surface area contributed by atoms with Gasteiger partial charge < -0.3 is 9.88 Å². The molecule has 7 heteroatoms. The van der Waals surface area contributed by atoms with Crippen LogP contribution in [0.5, 0.6) is 0 Å². The fourth-order valence-corrected chi connectivity index (χ4v) is 4.07. The Morgan fingerprint density at radius 1 is 1.13 bits per heavy atom. The van der Waals surface area contributed by atoms with Crippen molar-refractivity contribution in [2.75, 3.05) is 19.6 Å². The van der Waals surface area contributed by atoms with Gasteiger partial charge in [-0.05, 0) is 61.7 Å². The number of nitrogens with one attached hydrogen (secondary N) is 1. The lowest BCUT2D eigenvalue weighted by Gasteiger charge is -2.32. The number of aryl methyl sites for hydroxylation is 1. The third-order valence-corrected chi connectivity index (χ3v) is 6.03. The first kappa shape index (κ1) is 20.6. The van der Waals surface area contributed by atoms with Crippen LogP contribution in [0, 0.1) is 5.92 Å². The van der Waals surface area contributed by atoms with Gasteiger partial charge in [0, 0.05) is 25.2 Å². The van der Waals surface area contributed by atoms with Crippen LogP contribution in [-0.2, 0) is 13.6 Å². The van der Waals surface area contributed by atoms with E-state index in [1.165, 1.54) is 10.1 Å². The number of aromatic nitrogens is 2. The summed E-state index contributed by atoms with van der Waals surface area (Å²) < 4.78 is 1.48. The van der Waals surface area contributed by atoms with Gasteiger partial charge in [-0.2, -0.15) is 0 Å². The van der Waals surface area contributed by atoms with Crippen molar-refractivity contribution in [3.8, 4) is 0 Å².